The summed E-state index contributed by atoms with van der Waals surface area (Å²) in [6, 6.07) is 0. The van der Waals surface area contributed by atoms with E-state index in [9.17, 15) is 0 Å². The van der Waals surface area contributed by atoms with Crippen molar-refractivity contribution in [3.8, 4) is 0 Å². The third-order valence-corrected chi connectivity index (χ3v) is 2.03. The number of fused-ring (bicyclic) bond motifs is 1. The van der Waals surface area contributed by atoms with Gasteiger partial charge in [0.15, 0.2) is 0 Å². The zero-order chi connectivity index (χ0) is 8.39. The molecule has 0 bridgehead atoms. The third-order valence-electron chi connectivity index (χ3n) is 2.03. The molecule has 0 amide bonds. The Balaban J connectivity index is 2.46. The fraction of sp³-hybridized carbons (Fsp3) is 0.0909. The lowest BCUT2D eigenvalue weighted by Crippen LogP contribution is -1.94. The van der Waals surface area contributed by atoms with E-state index in [0.717, 1.165) is 12.1 Å². The Kier molecular flexibility index (Phi) is 1.71. The summed E-state index contributed by atoms with van der Waals surface area (Å²) in [5.41, 5.74) is 9.12. The summed E-state index contributed by atoms with van der Waals surface area (Å²) in [5, 5.41) is 0. The summed E-state index contributed by atoms with van der Waals surface area (Å²) in [4.78, 5) is 0. The molecule has 0 fully saturated rings. The molecule has 0 atom stereocenters. The summed E-state index contributed by atoms with van der Waals surface area (Å²) >= 11 is 0. The maximum Gasteiger partial charge on any atom is 0.0320 e. The van der Waals surface area contributed by atoms with Crippen molar-refractivity contribution in [1.29, 1.82) is 0 Å². The molecule has 2 rings (SSSR count). The molecule has 2 N–H and O–H groups in total. The van der Waals surface area contributed by atoms with Crippen LogP contribution in [0.25, 0.3) is 0 Å². The first kappa shape index (κ1) is 7.17. The van der Waals surface area contributed by atoms with Crippen molar-refractivity contribution in [2.75, 3.05) is 0 Å². The Hall–Kier alpha value is -1.50. The van der Waals surface area contributed by atoms with Gasteiger partial charge in [-0.05, 0) is 29.7 Å². The van der Waals surface area contributed by atoms with Gasteiger partial charge in [0.25, 0.3) is 0 Å². The number of rotatable bonds is 0. The molecular formula is C11H11N. The molecule has 0 heterocycles. The SMILES string of the molecule is NC1=CC2=CC=CCC2=CC=C1. The van der Waals surface area contributed by atoms with Gasteiger partial charge in [0, 0.05) is 5.70 Å². The van der Waals surface area contributed by atoms with Crippen LogP contribution < -0.4 is 5.73 Å². The normalized spacial score (nSPS) is 20.5. The molecule has 0 aromatic rings. The minimum Gasteiger partial charge on any atom is -0.399 e. The summed E-state index contributed by atoms with van der Waals surface area (Å²) in [7, 11) is 0. The maximum atomic E-state index is 5.72. The molecule has 0 aromatic carbocycles. The van der Waals surface area contributed by atoms with E-state index in [4.69, 9.17) is 5.73 Å². The van der Waals surface area contributed by atoms with Crippen LogP contribution in [-0.2, 0) is 0 Å². The van der Waals surface area contributed by atoms with E-state index in [1.807, 2.05) is 18.2 Å². The van der Waals surface area contributed by atoms with E-state index < -0.39 is 0 Å². The van der Waals surface area contributed by atoms with E-state index >= 15 is 0 Å². The summed E-state index contributed by atoms with van der Waals surface area (Å²) < 4.78 is 0. The van der Waals surface area contributed by atoms with Crippen LogP contribution in [0.2, 0.25) is 0 Å². The van der Waals surface area contributed by atoms with Gasteiger partial charge in [-0.25, -0.2) is 0 Å². The highest BCUT2D eigenvalue weighted by Gasteiger charge is 2.05. The predicted octanol–water partition coefficient (Wildman–Crippen LogP) is 2.21. The lowest BCUT2D eigenvalue weighted by atomic mass is 9.98. The van der Waals surface area contributed by atoms with Crippen molar-refractivity contribution >= 4 is 0 Å². The fourth-order valence-corrected chi connectivity index (χ4v) is 1.40. The van der Waals surface area contributed by atoms with Crippen molar-refractivity contribution in [2.24, 2.45) is 5.73 Å². The van der Waals surface area contributed by atoms with Crippen molar-refractivity contribution in [1.82, 2.24) is 0 Å². The molecule has 1 heteroatoms. The highest BCUT2D eigenvalue weighted by molar-refractivity contribution is 5.51. The van der Waals surface area contributed by atoms with E-state index in [1.165, 1.54) is 11.1 Å². The van der Waals surface area contributed by atoms with Crippen molar-refractivity contribution in [3.05, 3.63) is 59.4 Å². The summed E-state index contributed by atoms with van der Waals surface area (Å²) in [6.07, 6.45) is 15.4. The Morgan fingerprint density at radius 1 is 1.17 bits per heavy atom. The Morgan fingerprint density at radius 3 is 3.00 bits per heavy atom. The maximum absolute atomic E-state index is 5.72. The number of hydrogen-bond acceptors (Lipinski definition) is 1. The van der Waals surface area contributed by atoms with Gasteiger partial charge in [-0.15, -0.1) is 0 Å². The second-order valence-corrected chi connectivity index (χ2v) is 2.95. The van der Waals surface area contributed by atoms with Gasteiger partial charge < -0.3 is 5.73 Å². The molecule has 1 nitrogen and oxygen atoms in total. The Labute approximate surface area is 72.3 Å². The highest BCUT2D eigenvalue weighted by atomic mass is 14.6. The first-order valence-electron chi connectivity index (χ1n) is 4.08. The largest absolute Gasteiger partial charge is 0.399 e. The minimum absolute atomic E-state index is 0.822. The molecule has 0 aliphatic heterocycles. The number of nitrogens with two attached hydrogens (primary N) is 1. The van der Waals surface area contributed by atoms with Crippen LogP contribution in [0.4, 0.5) is 0 Å². The van der Waals surface area contributed by atoms with E-state index in [1.54, 1.807) is 0 Å². The molecule has 12 heavy (non-hydrogen) atoms. The predicted molar refractivity (Wildman–Crippen MR) is 51.3 cm³/mol. The fourth-order valence-electron chi connectivity index (χ4n) is 1.40. The quantitative estimate of drug-likeness (QED) is 0.573. The van der Waals surface area contributed by atoms with Crippen molar-refractivity contribution in [3.63, 3.8) is 0 Å². The van der Waals surface area contributed by atoms with Gasteiger partial charge in [0.1, 0.15) is 0 Å². The van der Waals surface area contributed by atoms with Crippen molar-refractivity contribution < 1.29 is 0 Å². The van der Waals surface area contributed by atoms with Crippen LogP contribution in [-0.4, -0.2) is 0 Å². The van der Waals surface area contributed by atoms with Gasteiger partial charge in [-0.2, -0.15) is 0 Å². The summed E-state index contributed by atoms with van der Waals surface area (Å²) in [6.45, 7) is 0. The molecule has 0 radical (unpaired) electrons. The lowest BCUT2D eigenvalue weighted by Gasteiger charge is -2.07. The van der Waals surface area contributed by atoms with E-state index in [0.29, 0.717) is 0 Å². The Bertz CT molecular complexity index is 338. The molecule has 0 unspecified atom stereocenters. The van der Waals surface area contributed by atoms with Crippen LogP contribution >= 0.6 is 0 Å². The molecule has 0 saturated carbocycles. The smallest absolute Gasteiger partial charge is 0.0320 e. The first-order valence-corrected chi connectivity index (χ1v) is 4.08. The molecule has 60 valence electrons. The van der Waals surface area contributed by atoms with Gasteiger partial charge in [-0.3, -0.25) is 0 Å². The van der Waals surface area contributed by atoms with Crippen LogP contribution in [0.1, 0.15) is 6.42 Å². The van der Waals surface area contributed by atoms with Crippen LogP contribution in [0, 0.1) is 0 Å². The minimum atomic E-state index is 0.822. The molecule has 0 aromatic heterocycles. The van der Waals surface area contributed by atoms with Crippen LogP contribution in [0.3, 0.4) is 0 Å². The number of allylic oxidation sites excluding steroid dienone is 9. The lowest BCUT2D eigenvalue weighted by molar-refractivity contribution is 1.22. The zero-order valence-electron chi connectivity index (χ0n) is 6.83. The summed E-state index contributed by atoms with van der Waals surface area (Å²) in [5.74, 6) is 0. The van der Waals surface area contributed by atoms with Gasteiger partial charge in [0.2, 0.25) is 0 Å². The van der Waals surface area contributed by atoms with Crippen molar-refractivity contribution in [2.45, 2.75) is 6.42 Å². The highest BCUT2D eigenvalue weighted by Crippen LogP contribution is 2.23. The standard InChI is InChI=1S/C11H11N/c12-11-7-3-6-9-4-1-2-5-10(9)8-11/h1-3,5-8H,4,12H2. The number of hydrogen-bond donors (Lipinski definition) is 1. The van der Waals surface area contributed by atoms with E-state index in [2.05, 4.69) is 24.3 Å². The first-order chi connectivity index (χ1) is 5.86. The average molecular weight is 157 g/mol. The van der Waals surface area contributed by atoms with Crippen LogP contribution in [0.15, 0.2) is 59.4 Å². The zero-order valence-corrected chi connectivity index (χ0v) is 6.83. The van der Waals surface area contributed by atoms with E-state index in [-0.39, 0.29) is 0 Å². The topological polar surface area (TPSA) is 26.0 Å². The second kappa shape index (κ2) is 2.86. The second-order valence-electron chi connectivity index (χ2n) is 2.95. The molecule has 0 spiro atoms. The molecule has 2 aliphatic carbocycles. The molecule has 0 saturated heterocycles. The van der Waals surface area contributed by atoms with Gasteiger partial charge in [-0.1, -0.05) is 30.4 Å². The van der Waals surface area contributed by atoms with Gasteiger partial charge >= 0.3 is 0 Å². The van der Waals surface area contributed by atoms with Gasteiger partial charge in [0.05, 0.1) is 0 Å². The van der Waals surface area contributed by atoms with Crippen LogP contribution in [0.5, 0.6) is 0 Å². The monoisotopic (exact) mass is 157 g/mol. The molecule has 2 aliphatic rings. The molecular weight excluding hydrogens is 146 g/mol. The average Bonchev–Trinajstić information content (AvgIpc) is 2.25. The third kappa shape index (κ3) is 1.26. The Morgan fingerprint density at radius 2 is 2.08 bits per heavy atom.